The van der Waals surface area contributed by atoms with E-state index in [1.54, 1.807) is 6.49 Å². The monoisotopic (exact) mass is 512 g/mol. The van der Waals surface area contributed by atoms with Gasteiger partial charge in [-0.3, -0.25) is 0 Å². The summed E-state index contributed by atoms with van der Waals surface area (Å²) in [5, 5.41) is 0. The van der Waals surface area contributed by atoms with Crippen molar-refractivity contribution < 1.29 is 21.3 Å². The zero-order valence-electron chi connectivity index (χ0n) is 19.1. The summed E-state index contributed by atoms with van der Waals surface area (Å²) in [4.78, 5) is 0. The summed E-state index contributed by atoms with van der Waals surface area (Å²) in [6, 6.07) is 42.4. The molecule has 6 rings (SSSR count). The average molecular weight is 514 g/mol. The molecule has 0 saturated carbocycles. The predicted molar refractivity (Wildman–Crippen MR) is 141 cm³/mol. The van der Waals surface area contributed by atoms with Gasteiger partial charge in [0.2, 0.25) is 0 Å². The van der Waals surface area contributed by atoms with E-state index in [9.17, 15) is 0 Å². The van der Waals surface area contributed by atoms with E-state index in [4.69, 9.17) is 0 Å². The Kier molecular flexibility index (Phi) is 6.05. The van der Waals surface area contributed by atoms with E-state index >= 15 is 0 Å². The zero-order valence-corrected chi connectivity index (χ0v) is 21.5. The number of rotatable bonds is 5. The molecule has 0 heterocycles. The standard InChI is InChI=1S/C15H11.C13H10.C5H5.Zr/c1-2-6-12(7-3-1)15-10-13-8-4-5-9-14(13)11-15;1-3-7-12(8-4-1)11-13-9-5-2-6-10-13;1-2-4-5-3-1;/h1-11H;1-10H;1-3H,4H2;. The third-order valence-corrected chi connectivity index (χ3v) is 15.1. The molecule has 0 aromatic heterocycles. The summed E-state index contributed by atoms with van der Waals surface area (Å²) < 4.78 is 3.72. The Morgan fingerprint density at radius 1 is 0.647 bits per heavy atom. The third-order valence-electron chi connectivity index (χ3n) is 6.84. The molecule has 1 heteroatoms. The molecule has 0 spiro atoms. The second-order valence-corrected chi connectivity index (χ2v) is 15.1. The van der Waals surface area contributed by atoms with Crippen molar-refractivity contribution in [3.63, 3.8) is 0 Å². The van der Waals surface area contributed by atoms with Gasteiger partial charge in [-0.15, -0.1) is 0 Å². The van der Waals surface area contributed by atoms with Crippen LogP contribution in [-0.2, 0) is 21.3 Å². The molecule has 0 N–H and O–H groups in total. The first-order valence-electron chi connectivity index (χ1n) is 12.0. The van der Waals surface area contributed by atoms with Crippen molar-refractivity contribution in [1.82, 2.24) is 0 Å². The number of benzene rings is 4. The van der Waals surface area contributed by atoms with Gasteiger partial charge in [0.15, 0.2) is 0 Å². The minimum absolute atomic E-state index is 0.447. The Labute approximate surface area is 209 Å². The van der Waals surface area contributed by atoms with Gasteiger partial charge in [-0.25, -0.2) is 0 Å². The van der Waals surface area contributed by atoms with E-state index in [0.717, 1.165) is 6.42 Å². The Morgan fingerprint density at radius 2 is 1.24 bits per heavy atom. The van der Waals surface area contributed by atoms with Gasteiger partial charge in [0, 0.05) is 0 Å². The van der Waals surface area contributed by atoms with E-state index in [1.165, 1.54) is 33.4 Å². The SMILES string of the molecule is C1=CC[C]([Zr](=[C](c2ccccc2)c2ccccc2)[CH]2C(c3ccccc3)=Cc3ccccc32)=C1. The van der Waals surface area contributed by atoms with Gasteiger partial charge < -0.3 is 0 Å². The molecule has 34 heavy (non-hydrogen) atoms. The minimum atomic E-state index is -2.54. The second-order valence-electron chi connectivity index (χ2n) is 8.87. The second kappa shape index (κ2) is 9.61. The Balaban J connectivity index is 1.69. The van der Waals surface area contributed by atoms with Crippen LogP contribution in [0.1, 0.15) is 37.9 Å². The molecule has 0 saturated heterocycles. The van der Waals surface area contributed by atoms with Crippen LogP contribution >= 0.6 is 0 Å². The van der Waals surface area contributed by atoms with E-state index in [0.29, 0.717) is 3.63 Å². The molecule has 2 aliphatic carbocycles. The van der Waals surface area contributed by atoms with Gasteiger partial charge in [0.05, 0.1) is 0 Å². The summed E-state index contributed by atoms with van der Waals surface area (Å²) in [5.41, 5.74) is 8.51. The van der Waals surface area contributed by atoms with Crippen LogP contribution in [0.15, 0.2) is 137 Å². The number of allylic oxidation sites excluding steroid dienone is 5. The maximum atomic E-state index is 2.46. The number of fused-ring (bicyclic) bond motifs is 1. The summed E-state index contributed by atoms with van der Waals surface area (Å²) in [6.07, 6.45) is 10.6. The van der Waals surface area contributed by atoms with E-state index in [-0.39, 0.29) is 0 Å². The molecule has 0 bridgehead atoms. The first kappa shape index (κ1) is 21.4. The normalized spacial score (nSPS) is 16.1. The molecule has 1 unspecified atom stereocenters. The fraction of sp³-hybridized carbons (Fsp3) is 0.0606. The fourth-order valence-corrected chi connectivity index (χ4v) is 14.4. The van der Waals surface area contributed by atoms with Gasteiger partial charge in [-0.1, -0.05) is 0 Å². The maximum absolute atomic E-state index is 2.54. The first-order valence-corrected chi connectivity index (χ1v) is 15.8. The molecule has 4 aromatic rings. The van der Waals surface area contributed by atoms with Gasteiger partial charge in [0.1, 0.15) is 0 Å². The van der Waals surface area contributed by atoms with Crippen molar-refractivity contribution in [3.8, 4) is 0 Å². The number of hydrogen-bond acceptors (Lipinski definition) is 0. The number of hydrogen-bond donors (Lipinski definition) is 0. The predicted octanol–water partition coefficient (Wildman–Crippen LogP) is 8.01. The summed E-state index contributed by atoms with van der Waals surface area (Å²) in [7, 11) is 0. The van der Waals surface area contributed by atoms with Crippen LogP contribution in [0, 0.1) is 0 Å². The van der Waals surface area contributed by atoms with Crippen LogP contribution in [-0.4, -0.2) is 3.21 Å². The molecule has 0 aliphatic heterocycles. The van der Waals surface area contributed by atoms with Crippen LogP contribution in [0.2, 0.25) is 0 Å². The molecule has 0 fully saturated rings. The van der Waals surface area contributed by atoms with Crippen molar-refractivity contribution in [1.29, 1.82) is 0 Å². The third kappa shape index (κ3) is 4.00. The molecule has 0 radical (unpaired) electrons. The summed E-state index contributed by atoms with van der Waals surface area (Å²) in [5.74, 6) is 0. The van der Waals surface area contributed by atoms with Crippen molar-refractivity contribution in [3.05, 3.63) is 165 Å². The van der Waals surface area contributed by atoms with Crippen LogP contribution in [0.5, 0.6) is 0 Å². The van der Waals surface area contributed by atoms with Crippen LogP contribution in [0.25, 0.3) is 11.6 Å². The van der Waals surface area contributed by atoms with E-state index < -0.39 is 21.3 Å². The molecule has 0 nitrogen and oxygen atoms in total. The van der Waals surface area contributed by atoms with Gasteiger partial charge in [-0.05, 0) is 0 Å². The first-order chi connectivity index (χ1) is 16.9. The van der Waals surface area contributed by atoms with E-state index in [2.05, 4.69) is 140 Å². The van der Waals surface area contributed by atoms with Crippen molar-refractivity contribution in [2.75, 3.05) is 0 Å². The van der Waals surface area contributed by atoms with Crippen molar-refractivity contribution in [2.24, 2.45) is 0 Å². The summed E-state index contributed by atoms with van der Waals surface area (Å²) >= 11 is -2.54. The summed E-state index contributed by atoms with van der Waals surface area (Å²) in [6.45, 7) is 0. The average Bonchev–Trinajstić information content (AvgIpc) is 3.57. The zero-order chi connectivity index (χ0) is 22.7. The fourth-order valence-electron chi connectivity index (χ4n) is 5.34. The van der Waals surface area contributed by atoms with Gasteiger partial charge >= 0.3 is 211 Å². The Bertz CT molecular complexity index is 1400. The van der Waals surface area contributed by atoms with Crippen LogP contribution in [0.4, 0.5) is 0 Å². The van der Waals surface area contributed by atoms with Crippen LogP contribution in [0.3, 0.4) is 0 Å². The quantitative estimate of drug-likeness (QED) is 0.253. The molecule has 0 amide bonds. The Morgan fingerprint density at radius 3 is 1.85 bits per heavy atom. The van der Waals surface area contributed by atoms with Crippen LogP contribution < -0.4 is 0 Å². The molecular weight excluding hydrogens is 488 g/mol. The van der Waals surface area contributed by atoms with Gasteiger partial charge in [-0.2, -0.15) is 0 Å². The molecule has 4 aromatic carbocycles. The molecular formula is C33H26Zr. The topological polar surface area (TPSA) is 0 Å². The van der Waals surface area contributed by atoms with E-state index in [1.807, 2.05) is 0 Å². The molecule has 1 atom stereocenters. The van der Waals surface area contributed by atoms with Gasteiger partial charge in [0.25, 0.3) is 0 Å². The van der Waals surface area contributed by atoms with Crippen molar-refractivity contribution >= 4 is 14.9 Å². The Hall–Kier alpha value is -3.15. The van der Waals surface area contributed by atoms with Crippen molar-refractivity contribution in [2.45, 2.75) is 10.0 Å². The molecule has 162 valence electrons. The molecule has 2 aliphatic rings.